The summed E-state index contributed by atoms with van der Waals surface area (Å²) >= 11 is 0. The maximum atomic E-state index is 12.2. The topological polar surface area (TPSA) is 55.8 Å². The molecule has 1 aliphatic heterocycles. The van der Waals surface area contributed by atoms with Crippen molar-refractivity contribution in [1.82, 2.24) is 0 Å². The van der Waals surface area contributed by atoms with E-state index in [1.54, 1.807) is 12.1 Å². The number of hydrogen-bond acceptors (Lipinski definition) is 5. The first-order chi connectivity index (χ1) is 12.0. The zero-order valence-corrected chi connectivity index (χ0v) is 15.4. The molecule has 1 aliphatic rings. The third-order valence-electron chi connectivity index (χ3n) is 4.01. The number of nitrogens with zero attached hydrogens (tertiary/aromatic N) is 1. The van der Waals surface area contributed by atoms with Crippen molar-refractivity contribution < 1.29 is 17.4 Å². The molecule has 0 amide bonds. The van der Waals surface area contributed by atoms with Crippen LogP contribution in [0.15, 0.2) is 42.5 Å². The van der Waals surface area contributed by atoms with Gasteiger partial charge in [0.1, 0.15) is 11.4 Å². The number of anilines is 2. The largest absolute Gasteiger partial charge is 0.453 e. The van der Waals surface area contributed by atoms with Gasteiger partial charge in [0.2, 0.25) is 0 Å². The molecular weight excluding hydrogens is 338 g/mol. The molecule has 5 nitrogen and oxygen atoms in total. The summed E-state index contributed by atoms with van der Waals surface area (Å²) in [5.74, 6) is 1.16. The Morgan fingerprint density at radius 2 is 1.76 bits per heavy atom. The normalized spacial score (nSPS) is 13.1. The Balaban J connectivity index is 2.00. The van der Waals surface area contributed by atoms with Crippen LogP contribution in [0.4, 0.5) is 11.4 Å². The third-order valence-corrected chi connectivity index (χ3v) is 5.29. The van der Waals surface area contributed by atoms with Gasteiger partial charge in [0, 0.05) is 0 Å². The van der Waals surface area contributed by atoms with Crippen molar-refractivity contribution in [1.29, 1.82) is 0 Å². The van der Waals surface area contributed by atoms with Crippen LogP contribution in [0, 0.1) is 0 Å². The Bertz CT molecular complexity index is 848. The zero-order valence-electron chi connectivity index (χ0n) is 14.6. The van der Waals surface area contributed by atoms with Gasteiger partial charge in [0.25, 0.3) is 10.1 Å². The minimum Gasteiger partial charge on any atom is -0.453 e. The molecule has 0 bridgehead atoms. The van der Waals surface area contributed by atoms with E-state index >= 15 is 0 Å². The Kier molecular flexibility index (Phi) is 5.30. The zero-order chi connectivity index (χ0) is 17.9. The summed E-state index contributed by atoms with van der Waals surface area (Å²) in [6, 6.07) is 13.1. The summed E-state index contributed by atoms with van der Waals surface area (Å²) in [5, 5.41) is 1.36. The van der Waals surface area contributed by atoms with Gasteiger partial charge in [-0.05, 0) is 49.1 Å². The summed E-state index contributed by atoms with van der Waals surface area (Å²) in [5.41, 5.74) is 2.34. The molecule has 0 atom stereocenters. The number of hydrogen-bond donors (Lipinski definition) is 0. The minimum absolute atomic E-state index is 0.0313. The van der Waals surface area contributed by atoms with Crippen LogP contribution in [0.25, 0.3) is 0 Å². The number of fused-ring (bicyclic) bond motifs is 2. The van der Waals surface area contributed by atoms with E-state index in [2.05, 4.69) is 6.92 Å². The van der Waals surface area contributed by atoms with Crippen molar-refractivity contribution in [2.45, 2.75) is 39.5 Å². The van der Waals surface area contributed by atoms with Gasteiger partial charge >= 0.3 is 0 Å². The highest BCUT2D eigenvalue weighted by atomic mass is 32.2. The van der Waals surface area contributed by atoms with Crippen LogP contribution in [0.5, 0.6) is 11.5 Å². The van der Waals surface area contributed by atoms with E-state index in [0.29, 0.717) is 29.3 Å². The molecule has 0 aromatic heterocycles. The van der Waals surface area contributed by atoms with Gasteiger partial charge in [-0.25, -0.2) is 0 Å². The van der Waals surface area contributed by atoms with Gasteiger partial charge in [-0.15, -0.1) is 4.28 Å². The Labute approximate surface area is 149 Å². The number of rotatable bonds is 7. The van der Waals surface area contributed by atoms with Crippen molar-refractivity contribution in [2.24, 2.45) is 0 Å². The lowest BCUT2D eigenvalue weighted by atomic mass is 10.1. The number of aryl methyl sites for hydroxylation is 1. The SMILES string of the molecule is CCCCc1ccc2c(c1)Oc1ccccc1N2OS(=O)(=O)CCC. The standard InChI is InChI=1S/C19H23NO4S/c1-3-5-8-15-11-12-17-19(14-15)23-18-10-7-6-9-16(18)20(17)24-25(21,22)13-4-2/h6-7,9-12,14H,3-5,8,13H2,1-2H3. The molecule has 0 saturated heterocycles. The average molecular weight is 361 g/mol. The van der Waals surface area contributed by atoms with Crippen LogP contribution < -0.4 is 9.80 Å². The van der Waals surface area contributed by atoms with Crippen molar-refractivity contribution in [2.75, 3.05) is 10.8 Å². The highest BCUT2D eigenvalue weighted by Crippen LogP contribution is 2.47. The number of para-hydroxylation sites is 2. The molecular formula is C19H23NO4S. The van der Waals surface area contributed by atoms with Crippen LogP contribution >= 0.6 is 0 Å². The van der Waals surface area contributed by atoms with Crippen LogP contribution in [-0.4, -0.2) is 14.2 Å². The van der Waals surface area contributed by atoms with Crippen LogP contribution in [0.3, 0.4) is 0 Å². The second-order valence-electron chi connectivity index (χ2n) is 6.11. The summed E-state index contributed by atoms with van der Waals surface area (Å²) in [6.45, 7) is 3.96. The van der Waals surface area contributed by atoms with Gasteiger partial charge in [-0.1, -0.05) is 38.5 Å². The molecule has 0 unspecified atom stereocenters. The highest BCUT2D eigenvalue weighted by molar-refractivity contribution is 7.86. The van der Waals surface area contributed by atoms with E-state index in [1.165, 1.54) is 5.06 Å². The van der Waals surface area contributed by atoms with Crippen LogP contribution in [0.2, 0.25) is 0 Å². The summed E-state index contributed by atoms with van der Waals surface area (Å²) < 4.78 is 35.8. The molecule has 25 heavy (non-hydrogen) atoms. The Morgan fingerprint density at radius 1 is 1.00 bits per heavy atom. The molecule has 0 spiro atoms. The van der Waals surface area contributed by atoms with Crippen LogP contribution in [-0.2, 0) is 20.8 Å². The predicted octanol–water partition coefficient (Wildman–Crippen LogP) is 4.94. The monoisotopic (exact) mass is 361 g/mol. The summed E-state index contributed by atoms with van der Waals surface area (Å²) in [7, 11) is -3.67. The van der Waals surface area contributed by atoms with E-state index in [-0.39, 0.29) is 5.75 Å². The van der Waals surface area contributed by atoms with E-state index in [4.69, 9.17) is 9.02 Å². The van der Waals surface area contributed by atoms with Gasteiger partial charge in [0.15, 0.2) is 11.5 Å². The molecule has 134 valence electrons. The first-order valence-corrected chi connectivity index (χ1v) is 10.2. The molecule has 2 aromatic rings. The molecule has 0 radical (unpaired) electrons. The van der Waals surface area contributed by atoms with Crippen LogP contribution in [0.1, 0.15) is 38.7 Å². The van der Waals surface area contributed by atoms with E-state index in [1.807, 2.05) is 37.3 Å². The quantitative estimate of drug-likeness (QED) is 0.699. The van der Waals surface area contributed by atoms with E-state index in [9.17, 15) is 8.42 Å². The third kappa shape index (κ3) is 3.96. The molecule has 1 heterocycles. The molecule has 0 aliphatic carbocycles. The number of benzene rings is 2. The van der Waals surface area contributed by atoms with Gasteiger partial charge in [-0.2, -0.15) is 13.5 Å². The Hall–Kier alpha value is -2.05. The fourth-order valence-electron chi connectivity index (χ4n) is 2.79. The molecule has 2 aromatic carbocycles. The smallest absolute Gasteiger partial charge is 0.288 e. The lowest BCUT2D eigenvalue weighted by Crippen LogP contribution is -2.26. The molecule has 0 fully saturated rings. The predicted molar refractivity (Wildman–Crippen MR) is 98.9 cm³/mol. The maximum absolute atomic E-state index is 12.2. The second-order valence-corrected chi connectivity index (χ2v) is 7.78. The van der Waals surface area contributed by atoms with E-state index in [0.717, 1.165) is 24.8 Å². The fourth-order valence-corrected chi connectivity index (χ4v) is 3.75. The highest BCUT2D eigenvalue weighted by Gasteiger charge is 2.29. The maximum Gasteiger partial charge on any atom is 0.288 e. The van der Waals surface area contributed by atoms with Gasteiger partial charge < -0.3 is 4.74 Å². The van der Waals surface area contributed by atoms with E-state index < -0.39 is 10.1 Å². The first-order valence-electron chi connectivity index (χ1n) is 8.66. The van der Waals surface area contributed by atoms with Crippen molar-refractivity contribution >= 4 is 21.5 Å². The molecule has 6 heteroatoms. The van der Waals surface area contributed by atoms with Gasteiger partial charge in [0.05, 0.1) is 5.75 Å². The molecule has 0 N–H and O–H groups in total. The minimum atomic E-state index is -3.67. The lowest BCUT2D eigenvalue weighted by molar-refractivity contribution is 0.308. The lowest BCUT2D eigenvalue weighted by Gasteiger charge is -2.31. The first kappa shape index (κ1) is 17.8. The number of unbranched alkanes of at least 4 members (excludes halogenated alkanes) is 1. The summed E-state index contributed by atoms with van der Waals surface area (Å²) in [4.78, 5) is 0. The number of ether oxygens (including phenoxy) is 1. The van der Waals surface area contributed by atoms with Gasteiger partial charge in [-0.3, -0.25) is 0 Å². The molecule has 3 rings (SSSR count). The molecule has 0 saturated carbocycles. The van der Waals surface area contributed by atoms with Crippen molar-refractivity contribution in [3.05, 3.63) is 48.0 Å². The summed E-state index contributed by atoms with van der Waals surface area (Å²) in [6.07, 6.45) is 3.67. The average Bonchev–Trinajstić information content (AvgIpc) is 2.59. The fraction of sp³-hybridized carbons (Fsp3) is 0.368. The Morgan fingerprint density at radius 3 is 2.52 bits per heavy atom. The van der Waals surface area contributed by atoms with Crippen molar-refractivity contribution in [3.8, 4) is 11.5 Å². The van der Waals surface area contributed by atoms with Crippen molar-refractivity contribution in [3.63, 3.8) is 0 Å². The second kappa shape index (κ2) is 7.45.